The van der Waals surface area contributed by atoms with Gasteiger partial charge in [0, 0.05) is 29.1 Å². The number of carbonyl (C=O) groups is 2. The zero-order chi connectivity index (χ0) is 29.1. The van der Waals surface area contributed by atoms with Crippen LogP contribution in [0.15, 0.2) is 12.3 Å². The van der Waals surface area contributed by atoms with Crippen molar-refractivity contribution < 1.29 is 31.5 Å². The van der Waals surface area contributed by atoms with E-state index in [-0.39, 0.29) is 37.3 Å². The molecule has 0 saturated heterocycles. The quantitative estimate of drug-likeness (QED) is 0.243. The number of nitrogens with zero attached hydrogens (tertiary/aromatic N) is 5. The van der Waals surface area contributed by atoms with Gasteiger partial charge in [-0.2, -0.15) is 23.4 Å². The number of fused-ring (bicyclic) bond motifs is 1. The summed E-state index contributed by atoms with van der Waals surface area (Å²) in [6.45, 7) is 3.39. The molecule has 1 aliphatic rings. The Balaban J connectivity index is 1.64. The second-order valence-corrected chi connectivity index (χ2v) is 10.6. The van der Waals surface area contributed by atoms with Crippen LogP contribution in [0.3, 0.4) is 0 Å². The van der Waals surface area contributed by atoms with Crippen molar-refractivity contribution in [2.45, 2.75) is 58.3 Å². The van der Waals surface area contributed by atoms with Gasteiger partial charge in [0.2, 0.25) is 5.91 Å². The molecule has 3 N–H and O–H groups in total. The lowest BCUT2D eigenvalue weighted by atomic mass is 10.0. The first-order chi connectivity index (χ1) is 18.8. The Morgan fingerprint density at radius 1 is 1.25 bits per heavy atom. The minimum atomic E-state index is -4.81. The number of aryl methyl sites for hydroxylation is 1. The van der Waals surface area contributed by atoms with Gasteiger partial charge in [-0.05, 0) is 38.3 Å². The summed E-state index contributed by atoms with van der Waals surface area (Å²) in [6.07, 6.45) is -4.99. The number of primary amides is 1. The Bertz CT molecular complexity index is 1660. The van der Waals surface area contributed by atoms with E-state index in [0.717, 1.165) is 10.7 Å². The second-order valence-electron chi connectivity index (χ2n) is 9.23. The number of amides is 2. The fourth-order valence-electron chi connectivity index (χ4n) is 4.57. The molecule has 4 aromatic rings. The van der Waals surface area contributed by atoms with Crippen LogP contribution in [-0.4, -0.2) is 36.4 Å². The summed E-state index contributed by atoms with van der Waals surface area (Å²) < 4.78 is 70.9. The lowest BCUT2D eigenvalue weighted by molar-refractivity contribution is -0.140. The molecule has 1 aliphatic carbocycles. The van der Waals surface area contributed by atoms with E-state index in [1.807, 2.05) is 6.92 Å². The molecule has 1 fully saturated rings. The Kier molecular flexibility index (Phi) is 7.06. The smallest absolute Gasteiger partial charge is 0.365 e. The Morgan fingerprint density at radius 3 is 2.50 bits per heavy atom. The molecule has 0 atom stereocenters. The number of hydrogen-bond acceptors (Lipinski definition) is 6. The molecule has 0 bridgehead atoms. The number of nitrogens with one attached hydrogen (secondary N) is 1. The van der Waals surface area contributed by atoms with Gasteiger partial charge >= 0.3 is 6.18 Å². The molecule has 0 spiro atoms. The molecule has 1 saturated carbocycles. The maximum absolute atomic E-state index is 13.8. The van der Waals surface area contributed by atoms with Crippen molar-refractivity contribution >= 4 is 50.7 Å². The Labute approximate surface area is 232 Å². The van der Waals surface area contributed by atoms with E-state index in [1.165, 1.54) is 6.20 Å². The number of rotatable bonds is 8. The number of thiophene rings is 1. The fraction of sp³-hybridized carbons (Fsp3) is 0.375. The second kappa shape index (κ2) is 10.1. The van der Waals surface area contributed by atoms with E-state index in [0.29, 0.717) is 47.7 Å². The first-order valence-corrected chi connectivity index (χ1v) is 13.2. The number of halogens is 6. The van der Waals surface area contributed by atoms with Gasteiger partial charge in [0.25, 0.3) is 12.3 Å². The van der Waals surface area contributed by atoms with Crippen LogP contribution in [0.4, 0.5) is 27.6 Å². The van der Waals surface area contributed by atoms with Crippen LogP contribution < -0.4 is 11.1 Å². The molecule has 4 aromatic heterocycles. The van der Waals surface area contributed by atoms with Gasteiger partial charge in [-0.15, -0.1) is 11.3 Å². The molecule has 0 radical (unpaired) electrons. The summed E-state index contributed by atoms with van der Waals surface area (Å²) in [5.74, 6) is -1.91. The largest absolute Gasteiger partial charge is 0.433 e. The highest BCUT2D eigenvalue weighted by atomic mass is 35.5. The Hall–Kier alpha value is -3.59. The van der Waals surface area contributed by atoms with Gasteiger partial charge in [-0.1, -0.05) is 11.6 Å². The summed E-state index contributed by atoms with van der Waals surface area (Å²) >= 11 is 6.73. The molecular weight excluding hydrogens is 581 g/mol. The van der Waals surface area contributed by atoms with Crippen LogP contribution >= 0.6 is 22.9 Å². The normalized spacial score (nSPS) is 13.9. The predicted octanol–water partition coefficient (Wildman–Crippen LogP) is 5.91. The van der Waals surface area contributed by atoms with Crippen LogP contribution in [0.5, 0.6) is 0 Å². The average Bonchev–Trinajstić information content (AvgIpc) is 3.41. The van der Waals surface area contributed by atoms with Crippen molar-refractivity contribution in [2.75, 3.05) is 5.32 Å². The van der Waals surface area contributed by atoms with Crippen LogP contribution in [0, 0.1) is 6.92 Å². The van der Waals surface area contributed by atoms with E-state index in [9.17, 15) is 31.5 Å². The van der Waals surface area contributed by atoms with Crippen LogP contribution in [0.25, 0.3) is 21.3 Å². The molecule has 0 aliphatic heterocycles. The van der Waals surface area contributed by atoms with Crippen LogP contribution in [0.2, 0.25) is 5.02 Å². The number of alkyl halides is 5. The van der Waals surface area contributed by atoms with Gasteiger partial charge in [-0.3, -0.25) is 19.0 Å². The minimum Gasteiger partial charge on any atom is -0.365 e. The summed E-state index contributed by atoms with van der Waals surface area (Å²) in [5, 5.41) is 10.4. The molecule has 2 amide bonds. The van der Waals surface area contributed by atoms with E-state index >= 15 is 0 Å². The van der Waals surface area contributed by atoms with E-state index in [1.54, 1.807) is 11.6 Å². The highest BCUT2D eigenvalue weighted by Gasteiger charge is 2.37. The minimum absolute atomic E-state index is 0.0364. The fourth-order valence-corrected chi connectivity index (χ4v) is 5.95. The first-order valence-electron chi connectivity index (χ1n) is 12.0. The predicted molar refractivity (Wildman–Crippen MR) is 138 cm³/mol. The standard InChI is InChI=1S/C24H21ClF5N7O2S/c1-3-36-9(2)12(7-32-36)11-6-13(24(28,29)30)33-23-15(11)17(20(40-23)22(31)39)34-14(38)8-37-19(10-4-5-10)16(25)18(35-37)21(26)27/h6-7,10,21H,3-5,8H2,1-2H3,(H2,31,39)(H,34,38). The van der Waals surface area contributed by atoms with Gasteiger partial charge in [0.1, 0.15) is 27.6 Å². The molecule has 5 rings (SSSR count). The third-order valence-electron chi connectivity index (χ3n) is 6.55. The van der Waals surface area contributed by atoms with Crippen LogP contribution in [-0.2, 0) is 24.1 Å². The van der Waals surface area contributed by atoms with E-state index < -0.39 is 42.3 Å². The number of aromatic nitrogens is 5. The topological polar surface area (TPSA) is 121 Å². The zero-order valence-corrected chi connectivity index (χ0v) is 22.5. The Morgan fingerprint density at radius 2 is 1.95 bits per heavy atom. The van der Waals surface area contributed by atoms with Gasteiger partial charge in [0.05, 0.1) is 22.6 Å². The average molecular weight is 602 g/mol. The number of nitrogens with two attached hydrogens (primary N) is 1. The summed E-state index contributed by atoms with van der Waals surface area (Å²) in [6, 6.07) is 0.826. The van der Waals surface area contributed by atoms with E-state index in [4.69, 9.17) is 17.3 Å². The van der Waals surface area contributed by atoms with Crippen molar-refractivity contribution in [3.8, 4) is 11.1 Å². The van der Waals surface area contributed by atoms with Crippen LogP contribution in [0.1, 0.15) is 64.6 Å². The number of hydrogen-bond donors (Lipinski definition) is 2. The number of anilines is 1. The van der Waals surface area contributed by atoms with Gasteiger partial charge in [-0.25, -0.2) is 13.8 Å². The maximum atomic E-state index is 13.8. The monoisotopic (exact) mass is 601 g/mol. The van der Waals surface area contributed by atoms with Crippen molar-refractivity contribution in [3.05, 3.63) is 44.9 Å². The molecule has 16 heteroatoms. The van der Waals surface area contributed by atoms with Crippen molar-refractivity contribution in [2.24, 2.45) is 5.73 Å². The molecule has 4 heterocycles. The molecule has 0 unspecified atom stereocenters. The van der Waals surface area contributed by atoms with Gasteiger partial charge in [0.15, 0.2) is 0 Å². The highest BCUT2D eigenvalue weighted by Crippen LogP contribution is 2.46. The summed E-state index contributed by atoms with van der Waals surface area (Å²) in [7, 11) is 0. The lowest BCUT2D eigenvalue weighted by Crippen LogP contribution is -2.22. The first kappa shape index (κ1) is 28.0. The van der Waals surface area contributed by atoms with Gasteiger partial charge < -0.3 is 11.1 Å². The number of pyridine rings is 1. The molecule has 212 valence electrons. The molecule has 0 aromatic carbocycles. The maximum Gasteiger partial charge on any atom is 0.433 e. The lowest BCUT2D eigenvalue weighted by Gasteiger charge is -2.13. The molecule has 40 heavy (non-hydrogen) atoms. The van der Waals surface area contributed by atoms with Crippen molar-refractivity contribution in [1.82, 2.24) is 24.5 Å². The number of carbonyl (C=O) groups excluding carboxylic acids is 2. The highest BCUT2D eigenvalue weighted by molar-refractivity contribution is 7.21. The SMILES string of the molecule is CCn1ncc(-c2cc(C(F)(F)F)nc3sc(C(N)=O)c(NC(=O)Cn4nc(C(F)F)c(Cl)c4C4CC4)c23)c1C. The molecular formula is C24H21ClF5N7O2S. The van der Waals surface area contributed by atoms with Crippen molar-refractivity contribution in [3.63, 3.8) is 0 Å². The van der Waals surface area contributed by atoms with Crippen molar-refractivity contribution in [1.29, 1.82) is 0 Å². The summed E-state index contributed by atoms with van der Waals surface area (Å²) in [4.78, 5) is 28.9. The third-order valence-corrected chi connectivity index (χ3v) is 8.04. The third kappa shape index (κ3) is 4.91. The molecule has 9 nitrogen and oxygen atoms in total. The summed E-state index contributed by atoms with van der Waals surface area (Å²) in [5.41, 5.74) is 4.77. The van der Waals surface area contributed by atoms with E-state index in [2.05, 4.69) is 20.5 Å². The zero-order valence-electron chi connectivity index (χ0n) is 20.9.